The fraction of sp³-hybridized carbons (Fsp3) is 0.929. The Balaban J connectivity index is 2.19. The van der Waals surface area contributed by atoms with Gasteiger partial charge in [0.25, 0.3) is 0 Å². The number of ether oxygens (including phenoxy) is 2. The Morgan fingerprint density at radius 2 is 2.10 bits per heavy atom. The van der Waals surface area contributed by atoms with E-state index in [1.807, 2.05) is 13.8 Å². The van der Waals surface area contributed by atoms with Crippen molar-refractivity contribution in [3.63, 3.8) is 0 Å². The average Bonchev–Trinajstić information content (AvgIpc) is 2.41. The highest BCUT2D eigenvalue weighted by Gasteiger charge is 2.36. The normalized spacial score (nSPS) is 30.1. The summed E-state index contributed by atoms with van der Waals surface area (Å²) in [6.07, 6.45) is -0.0371. The van der Waals surface area contributed by atoms with Gasteiger partial charge in [0.1, 0.15) is 12.2 Å². The second kappa shape index (κ2) is 8.65. The lowest BCUT2D eigenvalue weighted by Crippen LogP contribution is -2.50. The van der Waals surface area contributed by atoms with E-state index in [1.165, 1.54) is 0 Å². The SMILES string of the molecule is CC(C)(CCCCOC1CC(O)C(O)C(CO)O1)NC=O. The largest absolute Gasteiger partial charge is 0.394 e. The highest BCUT2D eigenvalue weighted by atomic mass is 16.7. The van der Waals surface area contributed by atoms with E-state index in [2.05, 4.69) is 5.32 Å². The molecule has 1 saturated heterocycles. The zero-order chi connectivity index (χ0) is 15.9. The van der Waals surface area contributed by atoms with E-state index in [1.54, 1.807) is 0 Å². The molecule has 1 aliphatic rings. The van der Waals surface area contributed by atoms with Gasteiger partial charge in [0.15, 0.2) is 6.29 Å². The maximum atomic E-state index is 10.4. The van der Waals surface area contributed by atoms with Gasteiger partial charge in [-0.2, -0.15) is 0 Å². The van der Waals surface area contributed by atoms with Crippen LogP contribution in [0.5, 0.6) is 0 Å². The summed E-state index contributed by atoms with van der Waals surface area (Å²) < 4.78 is 10.9. The Hall–Kier alpha value is -0.730. The highest BCUT2D eigenvalue weighted by Crippen LogP contribution is 2.21. The minimum absolute atomic E-state index is 0.190. The number of amides is 1. The molecule has 0 aromatic carbocycles. The van der Waals surface area contributed by atoms with Gasteiger partial charge in [-0.25, -0.2) is 0 Å². The Labute approximate surface area is 125 Å². The molecule has 4 atom stereocenters. The summed E-state index contributed by atoms with van der Waals surface area (Å²) in [5.41, 5.74) is -0.231. The van der Waals surface area contributed by atoms with Gasteiger partial charge in [0.2, 0.25) is 6.41 Å². The van der Waals surface area contributed by atoms with Crippen molar-refractivity contribution in [2.75, 3.05) is 13.2 Å². The molecule has 1 aliphatic heterocycles. The van der Waals surface area contributed by atoms with Crippen LogP contribution in [0, 0.1) is 0 Å². The molecule has 1 heterocycles. The second-order valence-corrected chi connectivity index (χ2v) is 6.05. The predicted octanol–water partition coefficient (Wildman–Crippen LogP) is -0.473. The molecule has 0 bridgehead atoms. The van der Waals surface area contributed by atoms with Crippen molar-refractivity contribution in [1.29, 1.82) is 0 Å². The number of rotatable bonds is 9. The Bertz CT molecular complexity index is 312. The van der Waals surface area contributed by atoms with Gasteiger partial charge in [-0.15, -0.1) is 0 Å². The lowest BCUT2D eigenvalue weighted by molar-refractivity contribution is -0.256. The van der Waals surface area contributed by atoms with Crippen LogP contribution in [0.3, 0.4) is 0 Å². The number of carbonyl (C=O) groups is 1. The summed E-state index contributed by atoms with van der Waals surface area (Å²) in [7, 11) is 0. The van der Waals surface area contributed by atoms with Crippen molar-refractivity contribution >= 4 is 6.41 Å². The van der Waals surface area contributed by atoms with Crippen LogP contribution >= 0.6 is 0 Å². The molecule has 0 saturated carbocycles. The minimum Gasteiger partial charge on any atom is -0.394 e. The monoisotopic (exact) mass is 305 g/mol. The van der Waals surface area contributed by atoms with Crippen LogP contribution in [-0.2, 0) is 14.3 Å². The van der Waals surface area contributed by atoms with Crippen LogP contribution in [0.25, 0.3) is 0 Å². The first-order chi connectivity index (χ1) is 9.89. The standard InChI is InChI=1S/C14H27NO6/c1-14(2,15-9-17)5-3-4-6-20-12-7-10(18)13(19)11(8-16)21-12/h9-13,16,18-19H,3-8H2,1-2H3,(H,15,17). The van der Waals surface area contributed by atoms with E-state index in [0.717, 1.165) is 19.3 Å². The Kier molecular flexibility index (Phi) is 7.55. The lowest BCUT2D eigenvalue weighted by atomic mass is 9.98. The summed E-state index contributed by atoms with van der Waals surface area (Å²) in [4.78, 5) is 10.4. The predicted molar refractivity (Wildman–Crippen MR) is 75.5 cm³/mol. The van der Waals surface area contributed by atoms with Crippen molar-refractivity contribution in [1.82, 2.24) is 5.32 Å². The maximum absolute atomic E-state index is 10.4. The van der Waals surface area contributed by atoms with Crippen LogP contribution in [-0.4, -0.2) is 65.1 Å². The van der Waals surface area contributed by atoms with Crippen molar-refractivity contribution in [2.45, 2.75) is 69.7 Å². The van der Waals surface area contributed by atoms with E-state index in [4.69, 9.17) is 14.6 Å². The first-order valence-corrected chi connectivity index (χ1v) is 7.35. The second-order valence-electron chi connectivity index (χ2n) is 6.05. The smallest absolute Gasteiger partial charge is 0.207 e. The number of unbranched alkanes of at least 4 members (excludes halogenated alkanes) is 1. The lowest BCUT2D eigenvalue weighted by Gasteiger charge is -2.36. The van der Waals surface area contributed by atoms with Gasteiger partial charge >= 0.3 is 0 Å². The molecule has 0 radical (unpaired) electrons. The number of nitrogens with one attached hydrogen (secondary N) is 1. The number of aliphatic hydroxyl groups excluding tert-OH is 3. The van der Waals surface area contributed by atoms with Crippen molar-refractivity contribution in [2.24, 2.45) is 0 Å². The third-order valence-electron chi connectivity index (χ3n) is 3.67. The van der Waals surface area contributed by atoms with Crippen molar-refractivity contribution in [3.05, 3.63) is 0 Å². The summed E-state index contributed by atoms with van der Waals surface area (Å²) >= 11 is 0. The zero-order valence-electron chi connectivity index (χ0n) is 12.7. The van der Waals surface area contributed by atoms with Crippen LogP contribution in [0.15, 0.2) is 0 Å². The van der Waals surface area contributed by atoms with E-state index >= 15 is 0 Å². The molecule has 0 aromatic heterocycles. The van der Waals surface area contributed by atoms with E-state index in [-0.39, 0.29) is 18.6 Å². The van der Waals surface area contributed by atoms with Crippen LogP contribution in [0.1, 0.15) is 39.5 Å². The van der Waals surface area contributed by atoms with Gasteiger partial charge in [-0.1, -0.05) is 0 Å². The number of carbonyl (C=O) groups excluding carboxylic acids is 1. The zero-order valence-corrected chi connectivity index (χ0v) is 12.7. The average molecular weight is 305 g/mol. The molecule has 21 heavy (non-hydrogen) atoms. The van der Waals surface area contributed by atoms with Gasteiger partial charge in [0, 0.05) is 18.6 Å². The van der Waals surface area contributed by atoms with Gasteiger partial charge in [0.05, 0.1) is 12.7 Å². The summed E-state index contributed by atoms with van der Waals surface area (Å²) in [6.45, 7) is 4.01. The quantitative estimate of drug-likeness (QED) is 0.339. The number of aliphatic hydroxyl groups is 3. The first kappa shape index (κ1) is 18.3. The summed E-state index contributed by atoms with van der Waals surface area (Å²) in [5.74, 6) is 0. The van der Waals surface area contributed by atoms with Crippen molar-refractivity contribution in [3.8, 4) is 0 Å². The molecule has 0 spiro atoms. The third kappa shape index (κ3) is 6.27. The fourth-order valence-corrected chi connectivity index (χ4v) is 2.29. The molecule has 7 nitrogen and oxygen atoms in total. The van der Waals surface area contributed by atoms with Crippen molar-refractivity contribution < 1.29 is 29.6 Å². The molecular weight excluding hydrogens is 278 g/mol. The molecule has 7 heteroatoms. The molecule has 0 aliphatic carbocycles. The fourth-order valence-electron chi connectivity index (χ4n) is 2.29. The van der Waals surface area contributed by atoms with Crippen LogP contribution in [0.4, 0.5) is 0 Å². The summed E-state index contributed by atoms with van der Waals surface area (Å²) in [6, 6.07) is 0. The molecule has 124 valence electrons. The molecule has 1 fully saturated rings. The van der Waals surface area contributed by atoms with E-state index in [9.17, 15) is 15.0 Å². The Morgan fingerprint density at radius 3 is 2.71 bits per heavy atom. The molecule has 4 N–H and O–H groups in total. The Morgan fingerprint density at radius 1 is 1.38 bits per heavy atom. The third-order valence-corrected chi connectivity index (χ3v) is 3.67. The van der Waals surface area contributed by atoms with E-state index < -0.39 is 24.6 Å². The van der Waals surface area contributed by atoms with Gasteiger partial charge < -0.3 is 30.1 Å². The molecule has 1 amide bonds. The maximum Gasteiger partial charge on any atom is 0.207 e. The number of hydrogen-bond acceptors (Lipinski definition) is 6. The van der Waals surface area contributed by atoms with Gasteiger partial charge in [-0.3, -0.25) is 4.79 Å². The number of hydrogen-bond donors (Lipinski definition) is 4. The van der Waals surface area contributed by atoms with Crippen LogP contribution < -0.4 is 5.32 Å². The highest BCUT2D eigenvalue weighted by molar-refractivity contribution is 5.47. The van der Waals surface area contributed by atoms with Gasteiger partial charge in [-0.05, 0) is 33.1 Å². The topological polar surface area (TPSA) is 108 Å². The molecule has 4 unspecified atom stereocenters. The molecule has 1 rings (SSSR count). The van der Waals surface area contributed by atoms with Crippen LogP contribution in [0.2, 0.25) is 0 Å². The molecular formula is C14H27NO6. The minimum atomic E-state index is -1.08. The summed E-state index contributed by atoms with van der Waals surface area (Å²) in [5, 5.41) is 31.0. The van der Waals surface area contributed by atoms with E-state index in [0.29, 0.717) is 13.0 Å². The molecule has 0 aromatic rings. The first-order valence-electron chi connectivity index (χ1n) is 7.35.